The van der Waals surface area contributed by atoms with Crippen LogP contribution in [0.15, 0.2) is 24.5 Å². The molecule has 1 fully saturated rings. The molecule has 2 aromatic heterocycles. The Balaban J connectivity index is 1.38. The van der Waals surface area contributed by atoms with Gasteiger partial charge in [0.2, 0.25) is 5.91 Å². The summed E-state index contributed by atoms with van der Waals surface area (Å²) in [5.41, 5.74) is 0. The van der Waals surface area contributed by atoms with E-state index in [0.717, 1.165) is 50.5 Å². The first-order valence-corrected chi connectivity index (χ1v) is 9.12. The van der Waals surface area contributed by atoms with Gasteiger partial charge in [-0.05, 0) is 37.8 Å². The van der Waals surface area contributed by atoms with Gasteiger partial charge in [0.05, 0.1) is 0 Å². The number of hydrogen-bond acceptors (Lipinski definition) is 3. The Kier molecular flexibility index (Phi) is 4.36. The lowest BCUT2D eigenvalue weighted by molar-refractivity contribution is -0.132. The van der Waals surface area contributed by atoms with Crippen molar-refractivity contribution in [1.29, 1.82) is 0 Å². The maximum absolute atomic E-state index is 12.4. The predicted octanol–water partition coefficient (Wildman–Crippen LogP) is 2.21. The zero-order chi connectivity index (χ0) is 16.4. The molecular formula is C18H25N5O. The van der Waals surface area contributed by atoms with Crippen molar-refractivity contribution in [2.75, 3.05) is 13.1 Å². The highest BCUT2D eigenvalue weighted by atomic mass is 16.2. The van der Waals surface area contributed by atoms with E-state index < -0.39 is 0 Å². The number of piperidine rings is 1. The molecule has 128 valence electrons. The molecule has 0 aromatic carbocycles. The monoisotopic (exact) mass is 327 g/mol. The van der Waals surface area contributed by atoms with Crippen LogP contribution in [-0.4, -0.2) is 43.2 Å². The number of amides is 1. The highest BCUT2D eigenvalue weighted by Crippen LogP contribution is 2.29. The van der Waals surface area contributed by atoms with Crippen LogP contribution in [0.2, 0.25) is 0 Å². The molecule has 1 saturated heterocycles. The molecule has 0 radical (unpaired) electrons. The van der Waals surface area contributed by atoms with Crippen LogP contribution in [0.25, 0.3) is 0 Å². The summed E-state index contributed by atoms with van der Waals surface area (Å²) >= 11 is 0. The van der Waals surface area contributed by atoms with Gasteiger partial charge in [-0.3, -0.25) is 4.79 Å². The largest absolute Gasteiger partial charge is 0.345 e. The van der Waals surface area contributed by atoms with Gasteiger partial charge in [-0.25, -0.2) is 0 Å². The standard InChI is InChI=1S/C18H25N5O/c24-17(14-21-9-4-5-10-21)22-12-7-15(8-13-22)18-20-19-16-6-2-1-3-11-23(16)18/h4-5,9-10,15H,1-3,6-8,11-14H2. The number of fused-ring (bicyclic) bond motifs is 1. The van der Waals surface area contributed by atoms with Crippen molar-refractivity contribution in [3.63, 3.8) is 0 Å². The van der Waals surface area contributed by atoms with Gasteiger partial charge in [0.15, 0.2) is 0 Å². The van der Waals surface area contributed by atoms with E-state index >= 15 is 0 Å². The van der Waals surface area contributed by atoms with E-state index in [1.807, 2.05) is 34.0 Å². The summed E-state index contributed by atoms with van der Waals surface area (Å²) in [6, 6.07) is 3.91. The van der Waals surface area contributed by atoms with Gasteiger partial charge < -0.3 is 14.0 Å². The van der Waals surface area contributed by atoms with Crippen molar-refractivity contribution >= 4 is 5.91 Å². The smallest absolute Gasteiger partial charge is 0.242 e. The molecule has 4 heterocycles. The molecule has 2 aliphatic heterocycles. The number of carbonyl (C=O) groups excluding carboxylic acids is 1. The van der Waals surface area contributed by atoms with Crippen LogP contribution in [0.3, 0.4) is 0 Å². The fraction of sp³-hybridized carbons (Fsp3) is 0.611. The maximum atomic E-state index is 12.4. The van der Waals surface area contributed by atoms with Crippen molar-refractivity contribution in [1.82, 2.24) is 24.2 Å². The van der Waals surface area contributed by atoms with Crippen molar-refractivity contribution in [3.05, 3.63) is 36.2 Å². The number of aryl methyl sites for hydroxylation is 1. The lowest BCUT2D eigenvalue weighted by Gasteiger charge is -2.32. The SMILES string of the molecule is O=C(Cn1cccc1)N1CCC(c2nnc3n2CCCCC3)CC1. The van der Waals surface area contributed by atoms with Crippen LogP contribution in [0.4, 0.5) is 0 Å². The summed E-state index contributed by atoms with van der Waals surface area (Å²) < 4.78 is 4.29. The highest BCUT2D eigenvalue weighted by Gasteiger charge is 2.28. The third-order valence-electron chi connectivity index (χ3n) is 5.33. The first-order valence-electron chi connectivity index (χ1n) is 9.12. The normalized spacial score (nSPS) is 19.1. The third-order valence-corrected chi connectivity index (χ3v) is 5.33. The van der Waals surface area contributed by atoms with Crippen LogP contribution in [0, 0.1) is 0 Å². The maximum Gasteiger partial charge on any atom is 0.242 e. The van der Waals surface area contributed by atoms with Crippen molar-refractivity contribution in [2.24, 2.45) is 0 Å². The number of carbonyl (C=O) groups is 1. The number of hydrogen-bond donors (Lipinski definition) is 0. The first-order chi connectivity index (χ1) is 11.8. The fourth-order valence-corrected chi connectivity index (χ4v) is 3.93. The molecule has 0 aliphatic carbocycles. The van der Waals surface area contributed by atoms with E-state index in [9.17, 15) is 4.79 Å². The Morgan fingerprint density at radius 1 is 1.04 bits per heavy atom. The molecule has 2 aliphatic rings. The van der Waals surface area contributed by atoms with Crippen LogP contribution in [-0.2, 0) is 24.3 Å². The first kappa shape index (κ1) is 15.4. The van der Waals surface area contributed by atoms with Crippen LogP contribution in [0.1, 0.15) is 49.7 Å². The molecule has 6 heteroatoms. The summed E-state index contributed by atoms with van der Waals surface area (Å²) in [7, 11) is 0. The van der Waals surface area contributed by atoms with Crippen molar-refractivity contribution < 1.29 is 4.79 Å². The molecule has 2 aromatic rings. The van der Waals surface area contributed by atoms with Crippen LogP contribution < -0.4 is 0 Å². The quantitative estimate of drug-likeness (QED) is 0.868. The molecule has 0 spiro atoms. The second-order valence-corrected chi connectivity index (χ2v) is 6.95. The van der Waals surface area contributed by atoms with E-state index in [2.05, 4.69) is 14.8 Å². The number of rotatable bonds is 3. The molecule has 24 heavy (non-hydrogen) atoms. The molecule has 0 atom stereocenters. The lowest BCUT2D eigenvalue weighted by atomic mass is 9.95. The van der Waals surface area contributed by atoms with Crippen LogP contribution >= 0.6 is 0 Å². The molecule has 0 N–H and O–H groups in total. The summed E-state index contributed by atoms with van der Waals surface area (Å²) in [6.07, 6.45) is 10.7. The van der Waals surface area contributed by atoms with E-state index in [-0.39, 0.29) is 5.91 Å². The zero-order valence-corrected chi connectivity index (χ0v) is 14.1. The van der Waals surface area contributed by atoms with E-state index in [0.29, 0.717) is 12.5 Å². The minimum atomic E-state index is 0.213. The number of likely N-dealkylation sites (tertiary alicyclic amines) is 1. The number of nitrogens with zero attached hydrogens (tertiary/aromatic N) is 5. The second kappa shape index (κ2) is 6.79. The molecule has 1 amide bonds. The molecule has 6 nitrogen and oxygen atoms in total. The third kappa shape index (κ3) is 3.09. The van der Waals surface area contributed by atoms with Gasteiger partial charge in [0, 0.05) is 44.4 Å². The molecule has 0 bridgehead atoms. The van der Waals surface area contributed by atoms with Gasteiger partial charge in [0.1, 0.15) is 18.2 Å². The predicted molar refractivity (Wildman–Crippen MR) is 90.6 cm³/mol. The van der Waals surface area contributed by atoms with E-state index in [1.54, 1.807) is 0 Å². The average molecular weight is 327 g/mol. The van der Waals surface area contributed by atoms with Crippen molar-refractivity contribution in [2.45, 2.75) is 57.5 Å². The summed E-state index contributed by atoms with van der Waals surface area (Å²) in [6.45, 7) is 3.16. The number of aromatic nitrogens is 4. The molecule has 0 unspecified atom stereocenters. The van der Waals surface area contributed by atoms with Gasteiger partial charge in [0.25, 0.3) is 0 Å². The van der Waals surface area contributed by atoms with Crippen LogP contribution in [0.5, 0.6) is 0 Å². The fourth-order valence-electron chi connectivity index (χ4n) is 3.93. The second-order valence-electron chi connectivity index (χ2n) is 6.95. The summed E-state index contributed by atoms with van der Waals surface area (Å²) in [5.74, 6) is 2.97. The van der Waals surface area contributed by atoms with Gasteiger partial charge in [-0.15, -0.1) is 10.2 Å². The Bertz CT molecular complexity index is 682. The van der Waals surface area contributed by atoms with Crippen molar-refractivity contribution in [3.8, 4) is 0 Å². The Morgan fingerprint density at radius 3 is 2.62 bits per heavy atom. The van der Waals surface area contributed by atoms with E-state index in [4.69, 9.17) is 0 Å². The Morgan fingerprint density at radius 2 is 1.83 bits per heavy atom. The summed E-state index contributed by atoms with van der Waals surface area (Å²) in [5, 5.41) is 8.92. The topological polar surface area (TPSA) is 56.0 Å². The molecule has 4 rings (SSSR count). The lowest BCUT2D eigenvalue weighted by Crippen LogP contribution is -2.40. The van der Waals surface area contributed by atoms with E-state index in [1.165, 1.54) is 19.3 Å². The van der Waals surface area contributed by atoms with Gasteiger partial charge in [-0.2, -0.15) is 0 Å². The molecular weight excluding hydrogens is 302 g/mol. The average Bonchev–Trinajstić information content (AvgIpc) is 3.20. The minimum Gasteiger partial charge on any atom is -0.345 e. The highest BCUT2D eigenvalue weighted by molar-refractivity contribution is 5.76. The molecule has 0 saturated carbocycles. The van der Waals surface area contributed by atoms with Gasteiger partial charge in [-0.1, -0.05) is 6.42 Å². The van der Waals surface area contributed by atoms with Gasteiger partial charge >= 0.3 is 0 Å². The Labute approximate surface area is 142 Å². The summed E-state index contributed by atoms with van der Waals surface area (Å²) in [4.78, 5) is 14.4. The Hall–Kier alpha value is -2.11. The zero-order valence-electron chi connectivity index (χ0n) is 14.1. The minimum absolute atomic E-state index is 0.213.